The highest BCUT2D eigenvalue weighted by atomic mass is 32.1. The zero-order valence-electron chi connectivity index (χ0n) is 10.2. The number of rotatable bonds is 5. The Balaban J connectivity index is 1.73. The molecule has 17 heavy (non-hydrogen) atoms. The SMILES string of the molecule is CC(NC(=O)COC1(C)CNC1)c1cccs1. The van der Waals surface area contributed by atoms with Crippen molar-refractivity contribution in [2.45, 2.75) is 25.5 Å². The van der Waals surface area contributed by atoms with E-state index in [1.165, 1.54) is 0 Å². The maximum absolute atomic E-state index is 11.7. The molecule has 4 nitrogen and oxygen atoms in total. The van der Waals surface area contributed by atoms with Crippen LogP contribution in [0.4, 0.5) is 0 Å². The second kappa shape index (κ2) is 5.16. The van der Waals surface area contributed by atoms with Crippen LogP contribution in [0, 0.1) is 0 Å². The van der Waals surface area contributed by atoms with Crippen LogP contribution in [-0.2, 0) is 9.53 Å². The van der Waals surface area contributed by atoms with E-state index in [0.717, 1.165) is 18.0 Å². The first-order valence-corrected chi connectivity index (χ1v) is 6.64. The fourth-order valence-corrected chi connectivity index (χ4v) is 2.45. The third-order valence-corrected chi connectivity index (χ3v) is 3.95. The van der Waals surface area contributed by atoms with Crippen LogP contribution in [-0.4, -0.2) is 31.2 Å². The lowest BCUT2D eigenvalue weighted by molar-refractivity contribution is -0.136. The summed E-state index contributed by atoms with van der Waals surface area (Å²) in [6.07, 6.45) is 0. The molecule has 1 atom stereocenters. The second-order valence-corrected chi connectivity index (χ2v) is 5.63. The van der Waals surface area contributed by atoms with Crippen LogP contribution >= 0.6 is 11.3 Å². The summed E-state index contributed by atoms with van der Waals surface area (Å²) in [5.74, 6) is -0.0565. The molecule has 2 rings (SSSR count). The quantitative estimate of drug-likeness (QED) is 0.833. The molecule has 0 spiro atoms. The van der Waals surface area contributed by atoms with Gasteiger partial charge in [0.2, 0.25) is 5.91 Å². The van der Waals surface area contributed by atoms with E-state index < -0.39 is 0 Å². The van der Waals surface area contributed by atoms with Crippen LogP contribution in [0.2, 0.25) is 0 Å². The highest BCUT2D eigenvalue weighted by molar-refractivity contribution is 7.10. The molecule has 0 bridgehead atoms. The second-order valence-electron chi connectivity index (χ2n) is 4.65. The van der Waals surface area contributed by atoms with Gasteiger partial charge in [-0.05, 0) is 25.3 Å². The average Bonchev–Trinajstić information content (AvgIpc) is 2.77. The van der Waals surface area contributed by atoms with Crippen molar-refractivity contribution in [1.29, 1.82) is 0 Å². The average molecular weight is 254 g/mol. The van der Waals surface area contributed by atoms with Crippen LogP contribution < -0.4 is 10.6 Å². The van der Waals surface area contributed by atoms with Gasteiger partial charge in [0.25, 0.3) is 0 Å². The van der Waals surface area contributed by atoms with Crippen molar-refractivity contribution in [1.82, 2.24) is 10.6 Å². The maximum Gasteiger partial charge on any atom is 0.246 e. The molecule has 1 aliphatic rings. The van der Waals surface area contributed by atoms with Gasteiger partial charge in [-0.3, -0.25) is 4.79 Å². The summed E-state index contributed by atoms with van der Waals surface area (Å²) in [6, 6.07) is 4.06. The third-order valence-electron chi connectivity index (χ3n) is 2.90. The smallest absolute Gasteiger partial charge is 0.246 e. The molecule has 0 radical (unpaired) electrons. The first-order valence-electron chi connectivity index (χ1n) is 5.76. The Morgan fingerprint density at radius 2 is 2.47 bits per heavy atom. The zero-order chi connectivity index (χ0) is 12.3. The lowest BCUT2D eigenvalue weighted by Gasteiger charge is -2.38. The summed E-state index contributed by atoms with van der Waals surface area (Å²) >= 11 is 1.65. The summed E-state index contributed by atoms with van der Waals surface area (Å²) in [6.45, 7) is 5.77. The molecule has 94 valence electrons. The lowest BCUT2D eigenvalue weighted by atomic mass is 10.0. The summed E-state index contributed by atoms with van der Waals surface area (Å²) in [4.78, 5) is 12.8. The van der Waals surface area contributed by atoms with E-state index in [1.54, 1.807) is 11.3 Å². The van der Waals surface area contributed by atoms with Gasteiger partial charge >= 0.3 is 0 Å². The van der Waals surface area contributed by atoms with Gasteiger partial charge in [0, 0.05) is 18.0 Å². The van der Waals surface area contributed by atoms with E-state index >= 15 is 0 Å². The maximum atomic E-state index is 11.7. The number of hydrogen-bond donors (Lipinski definition) is 2. The molecule has 5 heteroatoms. The Kier molecular flexibility index (Phi) is 3.81. The summed E-state index contributed by atoms with van der Waals surface area (Å²) in [5.41, 5.74) is -0.163. The van der Waals surface area contributed by atoms with E-state index in [2.05, 4.69) is 10.6 Å². The van der Waals surface area contributed by atoms with Crippen molar-refractivity contribution in [3.63, 3.8) is 0 Å². The molecule has 0 saturated carbocycles. The predicted octanol–water partition coefficient (Wildman–Crippen LogP) is 1.30. The van der Waals surface area contributed by atoms with Crippen LogP contribution in [0.15, 0.2) is 17.5 Å². The molecule has 1 aromatic heterocycles. The predicted molar refractivity (Wildman–Crippen MR) is 68.1 cm³/mol. The highest BCUT2D eigenvalue weighted by Crippen LogP contribution is 2.18. The zero-order valence-corrected chi connectivity index (χ0v) is 11.0. The molecular weight excluding hydrogens is 236 g/mol. The lowest BCUT2D eigenvalue weighted by Crippen LogP contribution is -2.59. The van der Waals surface area contributed by atoms with Crippen molar-refractivity contribution < 1.29 is 9.53 Å². The number of hydrogen-bond acceptors (Lipinski definition) is 4. The van der Waals surface area contributed by atoms with E-state index in [-0.39, 0.29) is 24.2 Å². The minimum absolute atomic E-state index is 0.0541. The molecule has 1 aromatic rings. The van der Waals surface area contributed by atoms with Gasteiger partial charge in [-0.1, -0.05) is 6.07 Å². The summed E-state index contributed by atoms with van der Waals surface area (Å²) in [7, 11) is 0. The van der Waals surface area contributed by atoms with Gasteiger partial charge in [-0.15, -0.1) is 11.3 Å². The number of ether oxygens (including phenoxy) is 1. The van der Waals surface area contributed by atoms with Crippen molar-refractivity contribution >= 4 is 17.2 Å². The highest BCUT2D eigenvalue weighted by Gasteiger charge is 2.33. The molecular formula is C12H18N2O2S. The van der Waals surface area contributed by atoms with Crippen molar-refractivity contribution in [3.05, 3.63) is 22.4 Å². The Labute approximate surface area is 105 Å². The molecule has 2 N–H and O–H groups in total. The Hall–Kier alpha value is -0.910. The van der Waals surface area contributed by atoms with Crippen molar-refractivity contribution in [2.75, 3.05) is 19.7 Å². The molecule has 1 unspecified atom stereocenters. The van der Waals surface area contributed by atoms with Crippen LogP contribution in [0.3, 0.4) is 0 Å². The van der Waals surface area contributed by atoms with E-state index in [9.17, 15) is 4.79 Å². The minimum Gasteiger partial charge on any atom is -0.363 e. The van der Waals surface area contributed by atoms with Gasteiger partial charge < -0.3 is 15.4 Å². The van der Waals surface area contributed by atoms with Gasteiger partial charge in [0.1, 0.15) is 6.61 Å². The number of amides is 1. The molecule has 1 saturated heterocycles. The first-order chi connectivity index (χ1) is 8.09. The molecule has 0 aliphatic carbocycles. The van der Waals surface area contributed by atoms with E-state index in [4.69, 9.17) is 4.74 Å². The number of nitrogens with one attached hydrogen (secondary N) is 2. The summed E-state index contributed by atoms with van der Waals surface area (Å²) in [5, 5.41) is 8.07. The molecule has 2 heterocycles. The van der Waals surface area contributed by atoms with E-state index in [0.29, 0.717) is 0 Å². The first kappa shape index (κ1) is 12.5. The normalized spacial score (nSPS) is 19.4. The minimum atomic E-state index is -0.163. The van der Waals surface area contributed by atoms with Crippen molar-refractivity contribution in [2.24, 2.45) is 0 Å². The fraction of sp³-hybridized carbons (Fsp3) is 0.583. The van der Waals surface area contributed by atoms with Gasteiger partial charge in [0.05, 0.1) is 11.6 Å². The Bertz CT molecular complexity index is 374. The molecule has 1 fully saturated rings. The fourth-order valence-electron chi connectivity index (χ4n) is 1.71. The topological polar surface area (TPSA) is 50.4 Å². The van der Waals surface area contributed by atoms with Crippen LogP contribution in [0.25, 0.3) is 0 Å². The monoisotopic (exact) mass is 254 g/mol. The molecule has 1 amide bonds. The third kappa shape index (κ3) is 3.28. The molecule has 1 aliphatic heterocycles. The number of carbonyl (C=O) groups excluding carboxylic acids is 1. The summed E-state index contributed by atoms with van der Waals surface area (Å²) < 4.78 is 5.57. The Morgan fingerprint density at radius 3 is 3.00 bits per heavy atom. The Morgan fingerprint density at radius 1 is 1.71 bits per heavy atom. The van der Waals surface area contributed by atoms with E-state index in [1.807, 2.05) is 31.4 Å². The number of thiophene rings is 1. The number of carbonyl (C=O) groups is 1. The van der Waals surface area contributed by atoms with Crippen molar-refractivity contribution in [3.8, 4) is 0 Å². The largest absolute Gasteiger partial charge is 0.363 e. The van der Waals surface area contributed by atoms with Gasteiger partial charge in [0.15, 0.2) is 0 Å². The van der Waals surface area contributed by atoms with Crippen LogP contribution in [0.5, 0.6) is 0 Å². The van der Waals surface area contributed by atoms with Gasteiger partial charge in [-0.25, -0.2) is 0 Å². The van der Waals surface area contributed by atoms with Crippen LogP contribution in [0.1, 0.15) is 24.8 Å². The molecule has 0 aromatic carbocycles. The standard InChI is InChI=1S/C12H18N2O2S/c1-9(10-4-3-5-17-10)14-11(15)6-16-12(2)7-13-8-12/h3-5,9,13H,6-8H2,1-2H3,(H,14,15). The van der Waals surface area contributed by atoms with Gasteiger partial charge in [-0.2, -0.15) is 0 Å².